The number of aliphatic hydroxyl groups is 7. The number of carbonyl (C=O) groups is 1. The second kappa shape index (κ2) is 28.3. The maximum absolute atomic E-state index is 12.9. The lowest BCUT2D eigenvalue weighted by Gasteiger charge is -2.40. The Morgan fingerprint density at radius 3 is 1.85 bits per heavy atom. The molecule has 8 N–H and O–H groups in total. The van der Waals surface area contributed by atoms with Crippen molar-refractivity contribution in [3.05, 3.63) is 24.3 Å². The zero-order valence-electron chi connectivity index (χ0n) is 29.7. The Labute approximate surface area is 289 Å². The average molecular weight is 688 g/mol. The highest BCUT2D eigenvalue weighted by Gasteiger charge is 2.44. The molecule has 0 saturated carbocycles. The molecule has 0 bridgehead atoms. The van der Waals surface area contributed by atoms with E-state index in [9.17, 15) is 40.5 Å². The van der Waals surface area contributed by atoms with Gasteiger partial charge in [0.25, 0.3) is 0 Å². The van der Waals surface area contributed by atoms with E-state index in [2.05, 4.69) is 37.4 Å². The van der Waals surface area contributed by atoms with Crippen LogP contribution in [0.1, 0.15) is 136 Å². The Morgan fingerprint density at radius 2 is 1.27 bits per heavy atom. The van der Waals surface area contributed by atoms with Gasteiger partial charge in [0.15, 0.2) is 6.29 Å². The highest BCUT2D eigenvalue weighted by Crippen LogP contribution is 2.23. The Bertz CT molecular complexity index is 841. The predicted octanol–water partition coefficient (Wildman–Crippen LogP) is 3.93. The van der Waals surface area contributed by atoms with Crippen LogP contribution in [0.3, 0.4) is 0 Å². The smallest absolute Gasteiger partial charge is 0.249 e. The number of ether oxygens (including phenoxy) is 2. The average Bonchev–Trinajstić information content (AvgIpc) is 3.08. The molecule has 1 aliphatic rings. The highest BCUT2D eigenvalue weighted by atomic mass is 16.7. The third kappa shape index (κ3) is 19.1. The van der Waals surface area contributed by atoms with Crippen molar-refractivity contribution < 1.29 is 50.0 Å². The summed E-state index contributed by atoms with van der Waals surface area (Å²) in [6.07, 6.45) is 15.4. The van der Waals surface area contributed by atoms with E-state index in [0.29, 0.717) is 19.3 Å². The van der Waals surface area contributed by atoms with Crippen molar-refractivity contribution in [1.82, 2.24) is 5.32 Å². The molecule has 1 fully saturated rings. The van der Waals surface area contributed by atoms with Gasteiger partial charge in [0.05, 0.1) is 25.4 Å². The second-order valence-corrected chi connectivity index (χ2v) is 13.3. The SMILES string of the molecule is CCC/C=C/CC/C=C/CCCC(O)C(O)C(COC1OC(CO)C(O)C(O)C1O)NC(=O)C(O)CCCCCCCCCCCCC. The number of unbranched alkanes of at least 4 members (excludes halogenated alkanes) is 13. The largest absolute Gasteiger partial charge is 0.394 e. The summed E-state index contributed by atoms with van der Waals surface area (Å²) in [4.78, 5) is 12.9. The normalized spacial score (nSPS) is 24.2. The standard InChI is InChI=1S/C37H69NO10/c1-3-5-7-9-11-13-15-17-19-21-23-25-30(41)36(46)38-28(27-47-37-35(45)34(44)33(43)31(26-39)48-37)32(42)29(40)24-22-20-18-16-14-12-10-8-6-4-2/h8,10,16,18,28-35,37,39-45H,3-7,9,11-15,17,19-27H2,1-2H3,(H,38,46)/b10-8+,18-16+. The minimum atomic E-state index is -1.67. The first kappa shape index (κ1) is 44.6. The zero-order valence-corrected chi connectivity index (χ0v) is 29.7. The van der Waals surface area contributed by atoms with Gasteiger partial charge < -0.3 is 50.5 Å². The van der Waals surface area contributed by atoms with Gasteiger partial charge in [-0.15, -0.1) is 0 Å². The van der Waals surface area contributed by atoms with Gasteiger partial charge in [0.2, 0.25) is 5.91 Å². The minimum Gasteiger partial charge on any atom is -0.394 e. The first-order valence-corrected chi connectivity index (χ1v) is 18.7. The van der Waals surface area contributed by atoms with Crippen LogP contribution >= 0.6 is 0 Å². The van der Waals surface area contributed by atoms with Crippen molar-refractivity contribution in [1.29, 1.82) is 0 Å². The first-order valence-electron chi connectivity index (χ1n) is 18.7. The lowest BCUT2D eigenvalue weighted by atomic mass is 9.98. The van der Waals surface area contributed by atoms with Crippen molar-refractivity contribution >= 4 is 5.91 Å². The maximum atomic E-state index is 12.9. The Hall–Kier alpha value is -1.41. The molecule has 0 aromatic heterocycles. The molecule has 11 heteroatoms. The number of allylic oxidation sites excluding steroid dienone is 4. The van der Waals surface area contributed by atoms with Crippen molar-refractivity contribution in [3.8, 4) is 0 Å². The zero-order chi connectivity index (χ0) is 35.6. The predicted molar refractivity (Wildman–Crippen MR) is 187 cm³/mol. The molecule has 0 aliphatic carbocycles. The maximum Gasteiger partial charge on any atom is 0.249 e. The first-order chi connectivity index (χ1) is 23.2. The van der Waals surface area contributed by atoms with E-state index in [1.807, 2.05) is 6.08 Å². The molecule has 11 nitrogen and oxygen atoms in total. The summed E-state index contributed by atoms with van der Waals surface area (Å²) >= 11 is 0. The summed E-state index contributed by atoms with van der Waals surface area (Å²) in [5, 5.41) is 74.9. The molecule has 0 radical (unpaired) electrons. The van der Waals surface area contributed by atoms with Crippen molar-refractivity contribution in [2.45, 2.75) is 191 Å². The van der Waals surface area contributed by atoms with Crippen LogP contribution in [0.15, 0.2) is 24.3 Å². The summed E-state index contributed by atoms with van der Waals surface area (Å²) in [6.45, 7) is 3.28. The van der Waals surface area contributed by atoms with Crippen LogP contribution in [0.2, 0.25) is 0 Å². The van der Waals surface area contributed by atoms with Crippen LogP contribution in [0.4, 0.5) is 0 Å². The number of carbonyl (C=O) groups excluding carboxylic acids is 1. The molecule has 9 unspecified atom stereocenters. The van der Waals surface area contributed by atoms with Gasteiger partial charge in [-0.25, -0.2) is 0 Å². The lowest BCUT2D eigenvalue weighted by molar-refractivity contribution is -0.303. The van der Waals surface area contributed by atoms with Crippen molar-refractivity contribution in [3.63, 3.8) is 0 Å². The second-order valence-electron chi connectivity index (χ2n) is 13.3. The van der Waals surface area contributed by atoms with E-state index in [0.717, 1.165) is 44.9 Å². The third-order valence-corrected chi connectivity index (χ3v) is 8.97. The number of amides is 1. The molecule has 9 atom stereocenters. The molecular formula is C37H69NO10. The van der Waals surface area contributed by atoms with Crippen LogP contribution in [-0.4, -0.2) is 110 Å². The number of hydrogen-bond donors (Lipinski definition) is 8. The van der Waals surface area contributed by atoms with Gasteiger partial charge in [0.1, 0.15) is 36.6 Å². The molecule has 282 valence electrons. The van der Waals surface area contributed by atoms with Gasteiger partial charge in [-0.3, -0.25) is 4.79 Å². The van der Waals surface area contributed by atoms with E-state index in [4.69, 9.17) is 9.47 Å². The summed E-state index contributed by atoms with van der Waals surface area (Å²) < 4.78 is 11.0. The van der Waals surface area contributed by atoms with Crippen LogP contribution in [0, 0.1) is 0 Å². The summed E-state index contributed by atoms with van der Waals surface area (Å²) in [5.41, 5.74) is 0. The van der Waals surface area contributed by atoms with E-state index in [-0.39, 0.29) is 12.8 Å². The number of rotatable bonds is 29. The molecule has 1 saturated heterocycles. The van der Waals surface area contributed by atoms with Crippen molar-refractivity contribution in [2.75, 3.05) is 13.2 Å². The molecule has 0 aromatic rings. The Kier molecular flexibility index (Phi) is 26.3. The third-order valence-electron chi connectivity index (χ3n) is 8.97. The van der Waals surface area contributed by atoms with Crippen LogP contribution in [-0.2, 0) is 14.3 Å². The highest BCUT2D eigenvalue weighted by molar-refractivity contribution is 5.80. The fraction of sp³-hybridized carbons (Fsp3) is 0.865. The number of aliphatic hydroxyl groups excluding tert-OH is 7. The van der Waals surface area contributed by atoms with Gasteiger partial charge in [-0.05, 0) is 44.9 Å². The topological polar surface area (TPSA) is 189 Å². The van der Waals surface area contributed by atoms with Crippen LogP contribution < -0.4 is 5.32 Å². The summed E-state index contributed by atoms with van der Waals surface area (Å²) in [5.74, 6) is -0.716. The fourth-order valence-corrected chi connectivity index (χ4v) is 5.76. The van der Waals surface area contributed by atoms with Gasteiger partial charge in [0, 0.05) is 0 Å². The Morgan fingerprint density at radius 1 is 0.708 bits per heavy atom. The Balaban J connectivity index is 2.63. The number of nitrogens with one attached hydrogen (secondary N) is 1. The fourth-order valence-electron chi connectivity index (χ4n) is 5.76. The van der Waals surface area contributed by atoms with Gasteiger partial charge in [-0.2, -0.15) is 0 Å². The molecule has 1 aliphatic heterocycles. The van der Waals surface area contributed by atoms with E-state index >= 15 is 0 Å². The molecule has 1 heterocycles. The minimum absolute atomic E-state index is 0.246. The lowest BCUT2D eigenvalue weighted by Crippen LogP contribution is -2.60. The van der Waals surface area contributed by atoms with Gasteiger partial charge in [-0.1, -0.05) is 115 Å². The molecule has 0 spiro atoms. The molecule has 0 aromatic carbocycles. The van der Waals surface area contributed by atoms with Crippen molar-refractivity contribution in [2.24, 2.45) is 0 Å². The monoisotopic (exact) mass is 687 g/mol. The van der Waals surface area contributed by atoms with E-state index in [1.165, 1.54) is 44.9 Å². The summed E-state index contributed by atoms with van der Waals surface area (Å²) in [7, 11) is 0. The molecule has 1 amide bonds. The van der Waals surface area contributed by atoms with Gasteiger partial charge >= 0.3 is 0 Å². The molecule has 1 rings (SSSR count). The quantitative estimate of drug-likeness (QED) is 0.0423. The van der Waals surface area contributed by atoms with E-state index < -0.39 is 74.2 Å². The molecular weight excluding hydrogens is 618 g/mol. The van der Waals surface area contributed by atoms with Crippen LogP contribution in [0.25, 0.3) is 0 Å². The van der Waals surface area contributed by atoms with Crippen LogP contribution in [0.5, 0.6) is 0 Å². The number of hydrogen-bond acceptors (Lipinski definition) is 10. The van der Waals surface area contributed by atoms with E-state index in [1.54, 1.807) is 0 Å². The summed E-state index contributed by atoms with van der Waals surface area (Å²) in [6, 6.07) is -1.18. The molecule has 48 heavy (non-hydrogen) atoms.